The van der Waals surface area contributed by atoms with Gasteiger partial charge >= 0.3 is 0 Å². The second kappa shape index (κ2) is 8.36. The van der Waals surface area contributed by atoms with Crippen LogP contribution in [-0.4, -0.2) is 48.8 Å². The highest BCUT2D eigenvalue weighted by atomic mass is 19.1. The summed E-state index contributed by atoms with van der Waals surface area (Å²) in [5, 5.41) is 3.34. The van der Waals surface area contributed by atoms with Gasteiger partial charge in [-0.1, -0.05) is 0 Å². The van der Waals surface area contributed by atoms with E-state index in [0.717, 1.165) is 38.1 Å². The van der Waals surface area contributed by atoms with Crippen molar-refractivity contribution in [2.45, 2.75) is 24.8 Å². The lowest BCUT2D eigenvalue weighted by Gasteiger charge is -2.22. The van der Waals surface area contributed by atoms with Crippen LogP contribution in [0.5, 0.6) is 5.75 Å². The van der Waals surface area contributed by atoms with E-state index in [-0.39, 0.29) is 12.0 Å². The van der Waals surface area contributed by atoms with E-state index in [2.05, 4.69) is 15.3 Å². The quantitative estimate of drug-likeness (QED) is 0.815. The molecule has 2 aromatic rings. The van der Waals surface area contributed by atoms with E-state index in [9.17, 15) is 8.78 Å². The van der Waals surface area contributed by atoms with Gasteiger partial charge in [0.15, 0.2) is 5.75 Å². The van der Waals surface area contributed by atoms with Gasteiger partial charge < -0.3 is 20.7 Å². The molecule has 2 unspecified atom stereocenters. The maximum absolute atomic E-state index is 14.1. The van der Waals surface area contributed by atoms with Crippen molar-refractivity contribution in [2.24, 2.45) is 11.7 Å². The average Bonchev–Trinajstić information content (AvgIpc) is 3.11. The molecule has 0 saturated carbocycles. The Labute approximate surface area is 163 Å². The van der Waals surface area contributed by atoms with Crippen LogP contribution >= 0.6 is 0 Å². The van der Waals surface area contributed by atoms with Gasteiger partial charge in [-0.25, -0.2) is 18.7 Å². The Hall–Kier alpha value is -2.32. The number of benzene rings is 1. The molecule has 0 radical (unpaired) electrons. The van der Waals surface area contributed by atoms with E-state index in [1.165, 1.54) is 6.07 Å². The maximum atomic E-state index is 14.1. The van der Waals surface area contributed by atoms with Crippen molar-refractivity contribution in [3.05, 3.63) is 47.8 Å². The van der Waals surface area contributed by atoms with Crippen molar-refractivity contribution in [1.29, 1.82) is 0 Å². The molecule has 2 atom stereocenters. The highest BCUT2D eigenvalue weighted by Crippen LogP contribution is 2.31. The highest BCUT2D eigenvalue weighted by molar-refractivity contribution is 5.38. The molecule has 2 aliphatic rings. The average molecular weight is 389 g/mol. The van der Waals surface area contributed by atoms with Crippen LogP contribution in [0.25, 0.3) is 0 Å². The Bertz CT molecular complexity index is 798. The van der Waals surface area contributed by atoms with Crippen molar-refractivity contribution in [3.63, 3.8) is 0 Å². The fourth-order valence-electron chi connectivity index (χ4n) is 3.93. The molecule has 1 aromatic carbocycles. The van der Waals surface area contributed by atoms with E-state index in [4.69, 9.17) is 10.5 Å². The molecule has 0 spiro atoms. The van der Waals surface area contributed by atoms with Crippen molar-refractivity contribution in [1.82, 2.24) is 15.3 Å². The minimum Gasteiger partial charge on any atom is -0.490 e. The van der Waals surface area contributed by atoms with Crippen LogP contribution in [0.1, 0.15) is 24.3 Å². The summed E-state index contributed by atoms with van der Waals surface area (Å²) in [6, 6.07) is 3.16. The van der Waals surface area contributed by atoms with Crippen molar-refractivity contribution >= 4 is 5.95 Å². The van der Waals surface area contributed by atoms with Crippen LogP contribution in [-0.2, 0) is 0 Å². The smallest absolute Gasteiger partial charge is 0.225 e. The molecule has 3 N–H and O–H groups in total. The molecular formula is C20H25F2N5O. The standard InChI is InChI=1S/C20H25F2N5O/c21-14-1-2-18(22)16(7-14)17-10-27(11-19(17)23)20-25-8-15(9-26-20)28-12-13-3-5-24-6-4-13/h1-2,7-9,13,17,19,24H,3-6,10-12,23H2. The highest BCUT2D eigenvalue weighted by Gasteiger charge is 2.34. The third-order valence-electron chi connectivity index (χ3n) is 5.56. The summed E-state index contributed by atoms with van der Waals surface area (Å²) in [4.78, 5) is 10.7. The Kier molecular flexibility index (Phi) is 5.68. The number of ether oxygens (including phenoxy) is 1. The summed E-state index contributed by atoms with van der Waals surface area (Å²) in [6.45, 7) is 3.66. The molecule has 6 nitrogen and oxygen atoms in total. The largest absolute Gasteiger partial charge is 0.490 e. The van der Waals surface area contributed by atoms with Crippen LogP contribution in [0.2, 0.25) is 0 Å². The predicted molar refractivity (Wildman–Crippen MR) is 102 cm³/mol. The molecule has 0 aliphatic carbocycles. The second-order valence-corrected chi connectivity index (χ2v) is 7.56. The summed E-state index contributed by atoms with van der Waals surface area (Å²) < 4.78 is 33.5. The van der Waals surface area contributed by atoms with Gasteiger partial charge in [-0.15, -0.1) is 0 Å². The zero-order chi connectivity index (χ0) is 19.5. The first kappa shape index (κ1) is 19.0. The topological polar surface area (TPSA) is 76.3 Å². The molecule has 3 heterocycles. The van der Waals surface area contributed by atoms with E-state index >= 15 is 0 Å². The number of piperidine rings is 1. The molecule has 1 aromatic heterocycles. The number of hydrogen-bond donors (Lipinski definition) is 2. The number of nitrogens with zero attached hydrogens (tertiary/aromatic N) is 3. The van der Waals surface area contributed by atoms with Crippen LogP contribution in [0.4, 0.5) is 14.7 Å². The van der Waals surface area contributed by atoms with Crippen LogP contribution in [0.3, 0.4) is 0 Å². The van der Waals surface area contributed by atoms with Gasteiger partial charge in [0, 0.05) is 25.0 Å². The molecule has 0 bridgehead atoms. The Balaban J connectivity index is 1.38. The molecular weight excluding hydrogens is 364 g/mol. The van der Waals surface area contributed by atoms with Crippen molar-refractivity contribution < 1.29 is 13.5 Å². The molecule has 2 saturated heterocycles. The first-order valence-corrected chi connectivity index (χ1v) is 9.71. The van der Waals surface area contributed by atoms with Gasteiger partial charge in [-0.05, 0) is 55.6 Å². The number of rotatable bonds is 5. The summed E-state index contributed by atoms with van der Waals surface area (Å²) in [5.41, 5.74) is 6.50. The SMILES string of the molecule is NC1CN(c2ncc(OCC3CCNCC3)cn2)CC1c1cc(F)ccc1F. The predicted octanol–water partition coefficient (Wildman–Crippen LogP) is 2.06. The summed E-state index contributed by atoms with van der Waals surface area (Å²) >= 11 is 0. The number of nitrogens with two attached hydrogens (primary N) is 1. The number of hydrogen-bond acceptors (Lipinski definition) is 6. The summed E-state index contributed by atoms with van der Waals surface area (Å²) in [7, 11) is 0. The van der Waals surface area contributed by atoms with Crippen LogP contribution < -0.4 is 20.7 Å². The second-order valence-electron chi connectivity index (χ2n) is 7.56. The monoisotopic (exact) mass is 389 g/mol. The fourth-order valence-corrected chi connectivity index (χ4v) is 3.93. The van der Waals surface area contributed by atoms with E-state index in [1.54, 1.807) is 12.4 Å². The number of aromatic nitrogens is 2. The van der Waals surface area contributed by atoms with Crippen LogP contribution in [0, 0.1) is 17.6 Å². The molecule has 2 fully saturated rings. The summed E-state index contributed by atoms with van der Waals surface area (Å²) in [5.74, 6) is 0.497. The Morgan fingerprint density at radius 3 is 2.64 bits per heavy atom. The van der Waals surface area contributed by atoms with Gasteiger partial charge in [-0.2, -0.15) is 0 Å². The molecule has 150 valence electrons. The number of halogens is 2. The summed E-state index contributed by atoms with van der Waals surface area (Å²) in [6.07, 6.45) is 5.54. The first-order chi connectivity index (χ1) is 13.6. The van der Waals surface area contributed by atoms with E-state index in [0.29, 0.717) is 42.9 Å². The van der Waals surface area contributed by atoms with E-state index in [1.807, 2.05) is 4.90 Å². The molecule has 4 rings (SSSR count). The van der Waals surface area contributed by atoms with Crippen molar-refractivity contribution in [2.75, 3.05) is 37.7 Å². The van der Waals surface area contributed by atoms with Gasteiger partial charge in [0.1, 0.15) is 11.6 Å². The number of anilines is 1. The Morgan fingerprint density at radius 1 is 1.14 bits per heavy atom. The maximum Gasteiger partial charge on any atom is 0.225 e. The lowest BCUT2D eigenvalue weighted by atomic mass is 9.94. The van der Waals surface area contributed by atoms with Gasteiger partial charge in [0.2, 0.25) is 5.95 Å². The first-order valence-electron chi connectivity index (χ1n) is 9.71. The zero-order valence-corrected chi connectivity index (χ0v) is 15.7. The lowest BCUT2D eigenvalue weighted by Crippen LogP contribution is -2.30. The fraction of sp³-hybridized carbons (Fsp3) is 0.500. The molecule has 2 aliphatic heterocycles. The van der Waals surface area contributed by atoms with Gasteiger partial charge in [0.05, 0.1) is 19.0 Å². The number of nitrogens with one attached hydrogen (secondary N) is 1. The van der Waals surface area contributed by atoms with Gasteiger partial charge in [0.25, 0.3) is 0 Å². The Morgan fingerprint density at radius 2 is 1.89 bits per heavy atom. The van der Waals surface area contributed by atoms with Gasteiger partial charge in [-0.3, -0.25) is 0 Å². The van der Waals surface area contributed by atoms with Crippen LogP contribution in [0.15, 0.2) is 30.6 Å². The minimum absolute atomic E-state index is 0.303. The van der Waals surface area contributed by atoms with E-state index < -0.39 is 11.6 Å². The third kappa shape index (κ3) is 4.23. The molecule has 0 amide bonds. The molecule has 28 heavy (non-hydrogen) atoms. The lowest BCUT2D eigenvalue weighted by molar-refractivity contribution is 0.214. The third-order valence-corrected chi connectivity index (χ3v) is 5.56. The normalized spacial score (nSPS) is 23.2. The van der Waals surface area contributed by atoms with Crippen molar-refractivity contribution in [3.8, 4) is 5.75 Å². The zero-order valence-electron chi connectivity index (χ0n) is 15.7. The minimum atomic E-state index is -0.464. The molecule has 8 heteroatoms.